The van der Waals surface area contributed by atoms with Crippen LogP contribution < -0.4 is 0 Å². The van der Waals surface area contributed by atoms with Gasteiger partial charge in [-0.2, -0.15) is 0 Å². The Bertz CT molecular complexity index is 744. The number of fused-ring (bicyclic) bond motifs is 1. The van der Waals surface area contributed by atoms with Crippen LogP contribution in [-0.2, 0) is 17.6 Å². The van der Waals surface area contributed by atoms with Gasteiger partial charge in [0.25, 0.3) is 0 Å². The van der Waals surface area contributed by atoms with Gasteiger partial charge in [-0.05, 0) is 55.2 Å². The molecule has 3 nitrogen and oxygen atoms in total. The van der Waals surface area contributed by atoms with E-state index < -0.39 is 0 Å². The highest BCUT2D eigenvalue weighted by atomic mass is 35.5. The van der Waals surface area contributed by atoms with Gasteiger partial charge in [-0.3, -0.25) is 4.79 Å². The fourth-order valence-corrected chi connectivity index (χ4v) is 4.41. The summed E-state index contributed by atoms with van der Waals surface area (Å²) in [6, 6.07) is 7.67. The average Bonchev–Trinajstić information content (AvgIpc) is 2.99. The molecule has 3 rings (SSSR count). The number of hydrogen-bond donors (Lipinski definition) is 0. The molecule has 1 aromatic carbocycles. The highest BCUT2D eigenvalue weighted by Gasteiger charge is 2.31. The lowest BCUT2D eigenvalue weighted by Crippen LogP contribution is -2.44. The first-order valence-electron chi connectivity index (χ1n) is 7.90. The van der Waals surface area contributed by atoms with Crippen LogP contribution in [0.15, 0.2) is 29.6 Å². The van der Waals surface area contributed by atoms with Crippen LogP contribution in [0.4, 0.5) is 0 Å². The van der Waals surface area contributed by atoms with Crippen LogP contribution in [-0.4, -0.2) is 42.9 Å². The number of benzene rings is 1. The molecule has 6 heteroatoms. The lowest BCUT2D eigenvalue weighted by Gasteiger charge is -2.37. The maximum Gasteiger partial charge on any atom is 0.227 e. The van der Waals surface area contributed by atoms with Crippen LogP contribution in [0.25, 0.3) is 0 Å². The van der Waals surface area contributed by atoms with E-state index in [2.05, 4.69) is 16.3 Å². The number of carbonyl (C=O) groups is 1. The smallest absolute Gasteiger partial charge is 0.227 e. The van der Waals surface area contributed by atoms with E-state index in [1.807, 2.05) is 25.1 Å². The second kappa shape index (κ2) is 7.44. The number of hydrogen-bond acceptors (Lipinski definition) is 3. The van der Waals surface area contributed by atoms with Crippen molar-refractivity contribution in [1.82, 2.24) is 9.80 Å². The van der Waals surface area contributed by atoms with Crippen molar-refractivity contribution in [2.75, 3.05) is 27.2 Å². The van der Waals surface area contributed by atoms with Crippen molar-refractivity contribution < 1.29 is 4.79 Å². The van der Waals surface area contributed by atoms with Gasteiger partial charge < -0.3 is 9.80 Å². The molecule has 0 fully saturated rings. The number of likely N-dealkylation sites (N-methyl/N-ethyl adjacent to an activating group) is 1. The van der Waals surface area contributed by atoms with Crippen LogP contribution >= 0.6 is 34.5 Å². The van der Waals surface area contributed by atoms with Crippen LogP contribution in [0.1, 0.15) is 22.0 Å². The van der Waals surface area contributed by atoms with E-state index in [0.717, 1.165) is 25.1 Å². The van der Waals surface area contributed by atoms with Gasteiger partial charge in [-0.15, -0.1) is 11.3 Å². The van der Waals surface area contributed by atoms with E-state index in [9.17, 15) is 4.79 Å². The molecule has 0 bridgehead atoms. The zero-order valence-electron chi connectivity index (χ0n) is 13.8. The standard InChI is InChI=1S/C18H20Cl2N2OS/c1-21(2)11-16-13-6-8-24-17(13)5-7-22(16)18(23)10-12-3-4-14(19)15(20)9-12/h3-4,6,8-9,16H,5,7,10-11H2,1-2H3. The van der Waals surface area contributed by atoms with E-state index in [-0.39, 0.29) is 11.9 Å². The molecular formula is C18H20Cl2N2OS. The highest BCUT2D eigenvalue weighted by molar-refractivity contribution is 7.10. The molecule has 0 aliphatic carbocycles. The monoisotopic (exact) mass is 382 g/mol. The average molecular weight is 383 g/mol. The van der Waals surface area contributed by atoms with Crippen LogP contribution in [0.5, 0.6) is 0 Å². The highest BCUT2D eigenvalue weighted by Crippen LogP contribution is 2.34. The first-order valence-corrected chi connectivity index (χ1v) is 9.53. The Morgan fingerprint density at radius 2 is 2.08 bits per heavy atom. The molecule has 0 saturated carbocycles. The third kappa shape index (κ3) is 3.77. The lowest BCUT2D eigenvalue weighted by atomic mass is 9.98. The maximum absolute atomic E-state index is 12.9. The van der Waals surface area contributed by atoms with Crippen molar-refractivity contribution in [2.45, 2.75) is 18.9 Å². The second-order valence-corrected chi connectivity index (χ2v) is 8.15. The molecule has 1 aromatic heterocycles. The van der Waals surface area contributed by atoms with E-state index in [4.69, 9.17) is 23.2 Å². The van der Waals surface area contributed by atoms with Gasteiger partial charge in [0.1, 0.15) is 0 Å². The summed E-state index contributed by atoms with van der Waals surface area (Å²) in [7, 11) is 4.09. The van der Waals surface area contributed by atoms with Gasteiger partial charge in [0.2, 0.25) is 5.91 Å². The van der Waals surface area contributed by atoms with Gasteiger partial charge in [0.05, 0.1) is 22.5 Å². The quantitative estimate of drug-likeness (QED) is 0.787. The summed E-state index contributed by atoms with van der Waals surface area (Å²) in [5.41, 5.74) is 2.19. The van der Waals surface area contributed by atoms with Crippen molar-refractivity contribution in [3.8, 4) is 0 Å². The fourth-order valence-electron chi connectivity index (χ4n) is 3.16. The minimum absolute atomic E-state index is 0.116. The van der Waals surface area contributed by atoms with E-state index in [0.29, 0.717) is 16.5 Å². The minimum Gasteiger partial charge on any atom is -0.334 e. The summed E-state index contributed by atoms with van der Waals surface area (Å²) in [5, 5.41) is 3.13. The Kier molecular flexibility index (Phi) is 5.50. The molecule has 1 amide bonds. The SMILES string of the molecule is CN(C)CC1c2ccsc2CCN1C(=O)Cc1ccc(Cl)c(Cl)c1. The number of nitrogens with zero attached hydrogens (tertiary/aromatic N) is 2. The Morgan fingerprint density at radius 1 is 1.29 bits per heavy atom. The first kappa shape index (κ1) is 17.7. The maximum atomic E-state index is 12.9. The first-order chi connectivity index (χ1) is 11.5. The molecule has 1 aliphatic heterocycles. The molecule has 1 atom stereocenters. The summed E-state index contributed by atoms with van der Waals surface area (Å²) < 4.78 is 0. The van der Waals surface area contributed by atoms with Gasteiger partial charge >= 0.3 is 0 Å². The third-order valence-corrected chi connectivity index (χ3v) is 6.03. The third-order valence-electron chi connectivity index (χ3n) is 4.29. The van der Waals surface area contributed by atoms with Gasteiger partial charge in [0.15, 0.2) is 0 Å². The predicted octanol–water partition coefficient (Wildman–Crippen LogP) is 4.29. The van der Waals surface area contributed by atoms with E-state index >= 15 is 0 Å². The lowest BCUT2D eigenvalue weighted by molar-refractivity contribution is -0.133. The van der Waals surface area contributed by atoms with E-state index in [1.165, 1.54) is 10.4 Å². The molecule has 1 unspecified atom stereocenters. The van der Waals surface area contributed by atoms with Crippen molar-refractivity contribution in [3.05, 3.63) is 55.7 Å². The summed E-state index contributed by atoms with van der Waals surface area (Å²) >= 11 is 13.8. The van der Waals surface area contributed by atoms with E-state index in [1.54, 1.807) is 23.5 Å². The summed E-state index contributed by atoms with van der Waals surface area (Å²) in [6.07, 6.45) is 1.28. The molecule has 0 N–H and O–H groups in total. The molecule has 24 heavy (non-hydrogen) atoms. The van der Waals surface area contributed by atoms with Crippen LogP contribution in [0, 0.1) is 0 Å². The van der Waals surface area contributed by atoms with Crippen molar-refractivity contribution in [1.29, 1.82) is 0 Å². The Balaban J connectivity index is 1.81. The molecule has 2 heterocycles. The van der Waals surface area contributed by atoms with Gasteiger partial charge in [-0.1, -0.05) is 29.3 Å². The minimum atomic E-state index is 0.116. The molecule has 0 saturated heterocycles. The Hall–Kier alpha value is -1.07. The number of carbonyl (C=O) groups excluding carboxylic acids is 1. The molecular weight excluding hydrogens is 363 g/mol. The molecule has 0 radical (unpaired) electrons. The van der Waals surface area contributed by atoms with Crippen molar-refractivity contribution in [3.63, 3.8) is 0 Å². The normalized spacial score (nSPS) is 17.2. The largest absolute Gasteiger partial charge is 0.334 e. The molecule has 0 spiro atoms. The van der Waals surface area contributed by atoms with Crippen molar-refractivity contribution in [2.24, 2.45) is 0 Å². The number of amides is 1. The Labute approximate surface area is 156 Å². The molecule has 128 valence electrons. The number of halogens is 2. The number of rotatable bonds is 4. The van der Waals surface area contributed by atoms with Crippen LogP contribution in [0.2, 0.25) is 10.0 Å². The van der Waals surface area contributed by atoms with Gasteiger partial charge in [-0.25, -0.2) is 0 Å². The fraction of sp³-hybridized carbons (Fsp3) is 0.389. The van der Waals surface area contributed by atoms with Crippen LogP contribution in [0.3, 0.4) is 0 Å². The zero-order valence-corrected chi connectivity index (χ0v) is 16.1. The predicted molar refractivity (Wildman–Crippen MR) is 101 cm³/mol. The summed E-state index contributed by atoms with van der Waals surface area (Å²) in [6.45, 7) is 1.60. The summed E-state index contributed by atoms with van der Waals surface area (Å²) in [5.74, 6) is 0.136. The zero-order chi connectivity index (χ0) is 17.3. The Morgan fingerprint density at radius 3 is 2.79 bits per heavy atom. The summed E-state index contributed by atoms with van der Waals surface area (Å²) in [4.78, 5) is 18.5. The van der Waals surface area contributed by atoms with Crippen molar-refractivity contribution >= 4 is 40.4 Å². The topological polar surface area (TPSA) is 23.6 Å². The second-order valence-electron chi connectivity index (χ2n) is 6.34. The van der Waals surface area contributed by atoms with Gasteiger partial charge in [0, 0.05) is 18.0 Å². The molecule has 1 aliphatic rings. The number of thiophene rings is 1. The molecule has 2 aromatic rings.